The third kappa shape index (κ3) is 6.80. The number of hydrogen-bond acceptors (Lipinski definition) is 4. The highest BCUT2D eigenvalue weighted by Crippen LogP contribution is 2.16. The number of nitrogens with one attached hydrogen (secondary N) is 3. The van der Waals surface area contributed by atoms with Crippen LogP contribution in [-0.2, 0) is 27.8 Å². The molecule has 31 heavy (non-hydrogen) atoms. The van der Waals surface area contributed by atoms with Crippen molar-refractivity contribution in [1.29, 1.82) is 0 Å². The van der Waals surface area contributed by atoms with Crippen LogP contribution in [0.25, 0.3) is 0 Å². The summed E-state index contributed by atoms with van der Waals surface area (Å²) in [5.74, 6) is -0.318. The molecular weight excluding hydrogens is 416 g/mol. The highest BCUT2D eigenvalue weighted by Gasteiger charge is 2.21. The van der Waals surface area contributed by atoms with E-state index in [1.807, 2.05) is 31.2 Å². The number of aryl methyl sites for hydroxylation is 1. The minimum absolute atomic E-state index is 0.162. The van der Waals surface area contributed by atoms with E-state index >= 15 is 0 Å². The lowest BCUT2D eigenvalue weighted by Crippen LogP contribution is -2.39. The summed E-state index contributed by atoms with van der Waals surface area (Å²) in [5, 5.41) is 7.95. The Balaban J connectivity index is 1.83. The minimum atomic E-state index is -3.51. The molecule has 9 heteroatoms. The fourth-order valence-electron chi connectivity index (χ4n) is 3.04. The molecule has 0 saturated carbocycles. The van der Waals surface area contributed by atoms with Gasteiger partial charge in [-0.25, -0.2) is 13.2 Å². The second-order valence-corrected chi connectivity index (χ2v) is 8.77. The topological polar surface area (TPSA) is 108 Å². The average Bonchev–Trinajstić information content (AvgIpc) is 2.77. The van der Waals surface area contributed by atoms with Gasteiger partial charge in [-0.05, 0) is 35.7 Å². The molecule has 2 aromatic carbocycles. The molecule has 0 aromatic heterocycles. The van der Waals surface area contributed by atoms with Gasteiger partial charge in [0.25, 0.3) is 0 Å². The van der Waals surface area contributed by atoms with Crippen LogP contribution in [0.5, 0.6) is 0 Å². The van der Waals surface area contributed by atoms with Crippen molar-refractivity contribution in [2.45, 2.75) is 38.6 Å². The molecule has 8 nitrogen and oxygen atoms in total. The maximum atomic E-state index is 12.5. The van der Waals surface area contributed by atoms with Gasteiger partial charge in [-0.2, -0.15) is 4.31 Å². The van der Waals surface area contributed by atoms with E-state index in [2.05, 4.69) is 16.0 Å². The van der Waals surface area contributed by atoms with Crippen molar-refractivity contribution in [3.63, 3.8) is 0 Å². The van der Waals surface area contributed by atoms with Crippen molar-refractivity contribution >= 4 is 27.6 Å². The maximum absolute atomic E-state index is 12.5. The Morgan fingerprint density at radius 2 is 1.55 bits per heavy atom. The van der Waals surface area contributed by atoms with Gasteiger partial charge in [-0.15, -0.1) is 0 Å². The van der Waals surface area contributed by atoms with Gasteiger partial charge in [0.05, 0.1) is 11.4 Å². The van der Waals surface area contributed by atoms with E-state index in [4.69, 9.17) is 0 Å². The number of carbonyl (C=O) groups is 2. The molecule has 0 aliphatic carbocycles. The highest BCUT2D eigenvalue weighted by atomic mass is 32.2. The van der Waals surface area contributed by atoms with Gasteiger partial charge in [-0.1, -0.05) is 51.1 Å². The van der Waals surface area contributed by atoms with Crippen LogP contribution in [0.15, 0.2) is 53.4 Å². The van der Waals surface area contributed by atoms with E-state index in [-0.39, 0.29) is 23.9 Å². The fraction of sp³-hybridized carbons (Fsp3) is 0.364. The number of urea groups is 1. The van der Waals surface area contributed by atoms with Crippen LogP contribution in [0.4, 0.5) is 10.5 Å². The summed E-state index contributed by atoms with van der Waals surface area (Å²) in [7, 11) is -3.51. The van der Waals surface area contributed by atoms with Gasteiger partial charge in [0.2, 0.25) is 15.9 Å². The Bertz CT molecular complexity index is 987. The van der Waals surface area contributed by atoms with Crippen molar-refractivity contribution < 1.29 is 18.0 Å². The first kappa shape index (κ1) is 24.4. The molecule has 168 valence electrons. The molecule has 0 atom stereocenters. The largest absolute Gasteiger partial charge is 0.334 e. The number of anilines is 1. The summed E-state index contributed by atoms with van der Waals surface area (Å²) in [6.07, 6.45) is 0.791. The molecule has 2 rings (SSSR count). The molecule has 3 amide bonds. The Morgan fingerprint density at radius 1 is 0.903 bits per heavy atom. The molecule has 0 unspecified atom stereocenters. The van der Waals surface area contributed by atoms with Crippen LogP contribution >= 0.6 is 0 Å². The van der Waals surface area contributed by atoms with Gasteiger partial charge in [0.1, 0.15) is 0 Å². The lowest BCUT2D eigenvalue weighted by atomic mass is 10.1. The molecule has 0 heterocycles. The standard InChI is InChI=1S/C22H30N4O4S/c1-4-18-9-7-8-10-20(18)25-21(27)16-24-22(28)23-15-17-11-13-19(14-12-17)31(29,30)26(5-2)6-3/h7-14H,4-6,15-16H2,1-3H3,(H,25,27)(H2,23,24,28). The van der Waals surface area contributed by atoms with Crippen molar-refractivity contribution in [2.24, 2.45) is 0 Å². The molecule has 2 aromatic rings. The zero-order chi connectivity index (χ0) is 22.9. The summed E-state index contributed by atoms with van der Waals surface area (Å²) in [6.45, 7) is 6.44. The first-order chi connectivity index (χ1) is 14.8. The monoisotopic (exact) mass is 446 g/mol. The summed E-state index contributed by atoms with van der Waals surface area (Å²) in [5.41, 5.74) is 2.50. The van der Waals surface area contributed by atoms with Gasteiger partial charge >= 0.3 is 6.03 Å². The molecule has 0 aliphatic heterocycles. The first-order valence-corrected chi connectivity index (χ1v) is 11.7. The van der Waals surface area contributed by atoms with Gasteiger partial charge in [-0.3, -0.25) is 4.79 Å². The molecule has 0 radical (unpaired) electrons. The first-order valence-electron chi connectivity index (χ1n) is 10.3. The molecular formula is C22H30N4O4S. The number of hydrogen-bond donors (Lipinski definition) is 3. The number of benzene rings is 2. The molecule has 0 fully saturated rings. The number of rotatable bonds is 10. The maximum Gasteiger partial charge on any atom is 0.315 e. The van der Waals surface area contributed by atoms with Crippen LogP contribution in [0, 0.1) is 0 Å². The smallest absolute Gasteiger partial charge is 0.315 e. The summed E-state index contributed by atoms with van der Waals surface area (Å²) in [4.78, 5) is 24.3. The van der Waals surface area contributed by atoms with Crippen molar-refractivity contribution in [2.75, 3.05) is 25.0 Å². The third-order valence-electron chi connectivity index (χ3n) is 4.80. The van der Waals surface area contributed by atoms with Crippen LogP contribution in [0.2, 0.25) is 0 Å². The quantitative estimate of drug-likeness (QED) is 0.521. The third-order valence-corrected chi connectivity index (χ3v) is 6.87. The van der Waals surface area contributed by atoms with Crippen LogP contribution in [-0.4, -0.2) is 44.3 Å². The predicted molar refractivity (Wildman–Crippen MR) is 121 cm³/mol. The summed E-state index contributed by atoms with van der Waals surface area (Å²) < 4.78 is 26.4. The van der Waals surface area contributed by atoms with Crippen LogP contribution in [0.3, 0.4) is 0 Å². The second kappa shape index (κ2) is 11.5. The zero-order valence-corrected chi connectivity index (χ0v) is 19.0. The summed E-state index contributed by atoms with van der Waals surface area (Å²) in [6, 6.07) is 13.4. The Kier molecular flexibility index (Phi) is 9.02. The van der Waals surface area contributed by atoms with E-state index in [1.165, 1.54) is 16.4 Å². The van der Waals surface area contributed by atoms with E-state index in [0.29, 0.717) is 13.1 Å². The van der Waals surface area contributed by atoms with E-state index in [0.717, 1.165) is 23.2 Å². The SMILES string of the molecule is CCc1ccccc1NC(=O)CNC(=O)NCc1ccc(S(=O)(=O)N(CC)CC)cc1. The Labute approximate surface area is 184 Å². The number of sulfonamides is 1. The van der Waals surface area contributed by atoms with E-state index in [9.17, 15) is 18.0 Å². The van der Waals surface area contributed by atoms with Crippen molar-refractivity contribution in [3.8, 4) is 0 Å². The molecule has 0 saturated heterocycles. The van der Waals surface area contributed by atoms with Crippen LogP contribution in [0.1, 0.15) is 31.9 Å². The predicted octanol–water partition coefficient (Wildman–Crippen LogP) is 2.72. The van der Waals surface area contributed by atoms with Crippen molar-refractivity contribution in [1.82, 2.24) is 14.9 Å². The number of carbonyl (C=O) groups excluding carboxylic acids is 2. The number of nitrogens with zero attached hydrogens (tertiary/aromatic N) is 1. The zero-order valence-electron chi connectivity index (χ0n) is 18.1. The van der Waals surface area contributed by atoms with Crippen molar-refractivity contribution in [3.05, 3.63) is 59.7 Å². The molecule has 3 N–H and O–H groups in total. The highest BCUT2D eigenvalue weighted by molar-refractivity contribution is 7.89. The van der Waals surface area contributed by atoms with Gasteiger partial charge < -0.3 is 16.0 Å². The Morgan fingerprint density at radius 3 is 2.16 bits per heavy atom. The normalized spacial score (nSPS) is 11.2. The van der Waals surface area contributed by atoms with Gasteiger partial charge in [0, 0.05) is 25.3 Å². The molecule has 0 bridgehead atoms. The fourth-order valence-corrected chi connectivity index (χ4v) is 4.50. The lowest BCUT2D eigenvalue weighted by molar-refractivity contribution is -0.115. The number of para-hydroxylation sites is 1. The van der Waals surface area contributed by atoms with E-state index < -0.39 is 16.1 Å². The second-order valence-electron chi connectivity index (χ2n) is 6.83. The minimum Gasteiger partial charge on any atom is -0.334 e. The lowest BCUT2D eigenvalue weighted by Gasteiger charge is -2.18. The van der Waals surface area contributed by atoms with E-state index in [1.54, 1.807) is 26.0 Å². The summed E-state index contributed by atoms with van der Waals surface area (Å²) >= 11 is 0. The average molecular weight is 447 g/mol. The number of amides is 3. The van der Waals surface area contributed by atoms with Gasteiger partial charge in [0.15, 0.2) is 0 Å². The molecule has 0 aliphatic rings. The Hall–Kier alpha value is -2.91. The van der Waals surface area contributed by atoms with Crippen LogP contribution < -0.4 is 16.0 Å². The molecule has 0 spiro atoms.